The summed E-state index contributed by atoms with van der Waals surface area (Å²) in [7, 11) is 0. The molecule has 0 spiro atoms. The molecule has 9 heteroatoms. The summed E-state index contributed by atoms with van der Waals surface area (Å²) in [5, 5.41) is 12.3. The van der Waals surface area contributed by atoms with Crippen LogP contribution in [0.15, 0.2) is 24.5 Å². The lowest BCUT2D eigenvalue weighted by atomic mass is 10.1. The Hall–Kier alpha value is -2.94. The van der Waals surface area contributed by atoms with E-state index in [1.54, 1.807) is 31.5 Å². The van der Waals surface area contributed by atoms with Crippen molar-refractivity contribution in [3.8, 4) is 11.3 Å². The van der Waals surface area contributed by atoms with Crippen LogP contribution in [0.4, 0.5) is 14.6 Å². The summed E-state index contributed by atoms with van der Waals surface area (Å²) in [5.74, 6) is -4.17. The molecule has 0 aliphatic heterocycles. The molecule has 0 fully saturated rings. The van der Waals surface area contributed by atoms with Crippen LogP contribution in [0.3, 0.4) is 0 Å². The van der Waals surface area contributed by atoms with Crippen LogP contribution in [0.5, 0.6) is 0 Å². The largest absolute Gasteiger partial charge is 0.390 e. The smallest absolute Gasteiger partial charge is 0.329 e. The Morgan fingerprint density at radius 3 is 2.70 bits per heavy atom. The summed E-state index contributed by atoms with van der Waals surface area (Å²) < 4.78 is 29.7. The van der Waals surface area contributed by atoms with Gasteiger partial charge in [0.15, 0.2) is 0 Å². The maximum atomic E-state index is 13.9. The monoisotopic (exact) mass is 375 g/mol. The highest BCUT2D eigenvalue weighted by Crippen LogP contribution is 2.33. The van der Waals surface area contributed by atoms with Crippen molar-refractivity contribution in [2.24, 2.45) is 0 Å². The first-order chi connectivity index (χ1) is 12.7. The summed E-state index contributed by atoms with van der Waals surface area (Å²) in [6.45, 7) is 4.18. The molecule has 7 nitrogen and oxygen atoms in total. The summed E-state index contributed by atoms with van der Waals surface area (Å²) in [5.41, 5.74) is 2.06. The van der Waals surface area contributed by atoms with Crippen LogP contribution in [0.1, 0.15) is 25.4 Å². The Morgan fingerprint density at radius 2 is 2.07 bits per heavy atom. The molecule has 0 saturated carbocycles. The fourth-order valence-electron chi connectivity index (χ4n) is 2.84. The molecule has 3 aromatic rings. The molecule has 0 aliphatic carbocycles. The minimum absolute atomic E-state index is 0.263. The third-order valence-electron chi connectivity index (χ3n) is 4.07. The second-order valence-corrected chi connectivity index (χ2v) is 6.18. The average molecular weight is 375 g/mol. The third kappa shape index (κ3) is 3.63. The van der Waals surface area contributed by atoms with Crippen LogP contribution in [0.2, 0.25) is 0 Å². The lowest BCUT2D eigenvalue weighted by Crippen LogP contribution is -2.22. The zero-order valence-electron chi connectivity index (χ0n) is 15.1. The number of aliphatic hydroxyl groups is 1. The van der Waals surface area contributed by atoms with Crippen LogP contribution in [-0.4, -0.2) is 37.1 Å². The minimum Gasteiger partial charge on any atom is -0.390 e. The molecule has 3 heterocycles. The van der Waals surface area contributed by atoms with Crippen molar-refractivity contribution in [3.63, 3.8) is 0 Å². The second kappa shape index (κ2) is 6.99. The van der Waals surface area contributed by atoms with Gasteiger partial charge in [-0.15, -0.1) is 0 Å². The van der Waals surface area contributed by atoms with Gasteiger partial charge < -0.3 is 15.0 Å². The Bertz CT molecular complexity index is 1020. The zero-order valence-corrected chi connectivity index (χ0v) is 15.1. The van der Waals surface area contributed by atoms with E-state index in [4.69, 9.17) is 5.11 Å². The fraction of sp³-hybridized carbons (Fsp3) is 0.333. The van der Waals surface area contributed by atoms with Gasteiger partial charge >= 0.3 is 5.92 Å². The molecule has 3 rings (SSSR count). The highest BCUT2D eigenvalue weighted by atomic mass is 19.3. The maximum absolute atomic E-state index is 13.9. The van der Waals surface area contributed by atoms with E-state index in [9.17, 15) is 13.6 Å². The third-order valence-corrected chi connectivity index (χ3v) is 4.07. The van der Waals surface area contributed by atoms with Crippen LogP contribution in [0, 0.1) is 6.92 Å². The van der Waals surface area contributed by atoms with E-state index in [2.05, 4.69) is 20.3 Å². The van der Waals surface area contributed by atoms with Gasteiger partial charge in [-0.05, 0) is 26.0 Å². The normalized spacial score (nSPS) is 11.8. The van der Waals surface area contributed by atoms with Gasteiger partial charge in [-0.1, -0.05) is 0 Å². The van der Waals surface area contributed by atoms with E-state index < -0.39 is 18.4 Å². The summed E-state index contributed by atoms with van der Waals surface area (Å²) >= 11 is 0. The van der Waals surface area contributed by atoms with Gasteiger partial charge in [0.25, 0.3) is 0 Å². The first kappa shape index (κ1) is 18.8. The van der Waals surface area contributed by atoms with E-state index in [1.165, 1.54) is 6.92 Å². The van der Waals surface area contributed by atoms with E-state index in [-0.39, 0.29) is 5.91 Å². The van der Waals surface area contributed by atoms with Gasteiger partial charge in [0.2, 0.25) is 11.7 Å². The average Bonchev–Trinajstić information content (AvgIpc) is 2.98. The number of anilines is 1. The molecule has 0 aliphatic rings. The summed E-state index contributed by atoms with van der Waals surface area (Å²) in [6.07, 6.45) is 3.41. The number of aryl methyl sites for hydroxylation is 2. The minimum atomic E-state index is -3.53. The van der Waals surface area contributed by atoms with Gasteiger partial charge in [-0.2, -0.15) is 8.78 Å². The standard InChI is InChI=1S/C18H19F2N5O2/c1-4-25-8-13(12-6-16(23-11(3)27)21-7-15(12)25)14-5-10(2)22-17(24-14)18(19,20)9-26/h5-8,26H,4,9H2,1-3H3,(H,21,23,27). The SMILES string of the molecule is CCn1cc(-c2cc(C)nc(C(F)(F)CO)n2)c2cc(NC(C)=O)ncc21. The number of hydrogen-bond acceptors (Lipinski definition) is 5. The number of fused-ring (bicyclic) bond motifs is 1. The molecule has 0 unspecified atom stereocenters. The molecule has 1 amide bonds. The number of nitrogens with zero attached hydrogens (tertiary/aromatic N) is 4. The molecule has 0 aromatic carbocycles. The van der Waals surface area contributed by atoms with Gasteiger partial charge in [0.1, 0.15) is 12.4 Å². The first-order valence-corrected chi connectivity index (χ1v) is 8.37. The Labute approximate surface area is 154 Å². The predicted octanol–water partition coefficient (Wildman–Crippen LogP) is 2.86. The number of aromatic nitrogens is 4. The van der Waals surface area contributed by atoms with E-state index in [1.807, 2.05) is 11.5 Å². The number of halogens is 2. The topological polar surface area (TPSA) is 92.9 Å². The fourth-order valence-corrected chi connectivity index (χ4v) is 2.84. The number of rotatable bonds is 5. The van der Waals surface area contributed by atoms with E-state index in [0.29, 0.717) is 34.7 Å². The molecule has 0 bridgehead atoms. The molecule has 0 radical (unpaired) electrons. The predicted molar refractivity (Wildman–Crippen MR) is 96.5 cm³/mol. The van der Waals surface area contributed by atoms with Crippen LogP contribution < -0.4 is 5.32 Å². The maximum Gasteiger partial charge on any atom is 0.329 e. The molecular weight excluding hydrogens is 356 g/mol. The zero-order chi connectivity index (χ0) is 19.8. The van der Waals surface area contributed by atoms with Crippen LogP contribution in [-0.2, 0) is 17.3 Å². The first-order valence-electron chi connectivity index (χ1n) is 8.37. The van der Waals surface area contributed by atoms with Gasteiger partial charge in [-0.25, -0.2) is 15.0 Å². The van der Waals surface area contributed by atoms with Gasteiger partial charge in [0.05, 0.1) is 17.4 Å². The van der Waals surface area contributed by atoms with E-state index in [0.717, 1.165) is 5.52 Å². The number of alkyl halides is 2. The molecule has 0 saturated heterocycles. The Morgan fingerprint density at radius 1 is 1.33 bits per heavy atom. The summed E-state index contributed by atoms with van der Waals surface area (Å²) in [4.78, 5) is 23.3. The highest BCUT2D eigenvalue weighted by molar-refractivity contribution is 5.98. The number of aliphatic hydroxyl groups excluding tert-OH is 1. The second-order valence-electron chi connectivity index (χ2n) is 6.18. The molecule has 142 valence electrons. The van der Waals surface area contributed by atoms with Crippen molar-refractivity contribution in [2.45, 2.75) is 33.2 Å². The van der Waals surface area contributed by atoms with Crippen LogP contribution in [0.25, 0.3) is 22.2 Å². The number of amides is 1. The molecule has 3 aromatic heterocycles. The Kier molecular flexibility index (Phi) is 4.88. The quantitative estimate of drug-likeness (QED) is 0.715. The molecule has 2 N–H and O–H groups in total. The Balaban J connectivity index is 2.23. The van der Waals surface area contributed by atoms with Crippen molar-refractivity contribution in [2.75, 3.05) is 11.9 Å². The van der Waals surface area contributed by atoms with Crippen molar-refractivity contribution in [1.82, 2.24) is 19.5 Å². The van der Waals surface area contributed by atoms with Crippen molar-refractivity contribution >= 4 is 22.6 Å². The molecular formula is C18H19F2N5O2. The number of nitrogens with one attached hydrogen (secondary N) is 1. The molecule has 27 heavy (non-hydrogen) atoms. The van der Waals surface area contributed by atoms with E-state index >= 15 is 0 Å². The lowest BCUT2D eigenvalue weighted by Gasteiger charge is -2.13. The molecule has 0 atom stereocenters. The number of carbonyl (C=O) groups excluding carboxylic acids is 1. The lowest BCUT2D eigenvalue weighted by molar-refractivity contribution is -0.114. The summed E-state index contributed by atoms with van der Waals surface area (Å²) in [6, 6.07) is 3.28. The van der Waals surface area contributed by atoms with Crippen molar-refractivity contribution < 1.29 is 18.7 Å². The van der Waals surface area contributed by atoms with Crippen molar-refractivity contribution in [3.05, 3.63) is 36.0 Å². The highest BCUT2D eigenvalue weighted by Gasteiger charge is 2.35. The number of carbonyl (C=O) groups is 1. The van der Waals surface area contributed by atoms with Crippen molar-refractivity contribution in [1.29, 1.82) is 0 Å². The van der Waals surface area contributed by atoms with Gasteiger partial charge in [0, 0.05) is 36.3 Å². The number of hydrogen-bond donors (Lipinski definition) is 2. The van der Waals surface area contributed by atoms with Crippen LogP contribution >= 0.6 is 0 Å². The number of pyridine rings is 1. The van der Waals surface area contributed by atoms with Gasteiger partial charge in [-0.3, -0.25) is 4.79 Å².